The van der Waals surface area contributed by atoms with Crippen molar-refractivity contribution in [2.75, 3.05) is 6.61 Å². The van der Waals surface area contributed by atoms with Crippen LogP contribution in [0.2, 0.25) is 0 Å². The molecule has 2 rings (SSSR count). The molecular formula is C10H10BrN3OS. The smallest absolute Gasteiger partial charge is 0.147 e. The van der Waals surface area contributed by atoms with Crippen LogP contribution in [-0.4, -0.2) is 21.7 Å². The molecule has 2 heterocycles. The third-order valence-corrected chi connectivity index (χ3v) is 3.74. The van der Waals surface area contributed by atoms with E-state index in [1.165, 1.54) is 0 Å². The van der Waals surface area contributed by atoms with Gasteiger partial charge in [0, 0.05) is 16.0 Å². The van der Waals surface area contributed by atoms with Crippen LogP contribution >= 0.6 is 27.3 Å². The second-order valence-corrected chi connectivity index (χ2v) is 5.05. The maximum absolute atomic E-state index is 8.94. The highest BCUT2D eigenvalue weighted by Gasteiger charge is 2.10. The third-order valence-electron chi connectivity index (χ3n) is 2.02. The van der Waals surface area contributed by atoms with Gasteiger partial charge in [-0.25, -0.2) is 9.97 Å². The predicted molar refractivity (Wildman–Crippen MR) is 67.1 cm³/mol. The number of nitrogens with two attached hydrogens (primary N) is 1. The SMILES string of the molecule is NC(CO)c1nccc(-c2cc(Br)cs2)n1. The molecule has 1 unspecified atom stereocenters. The largest absolute Gasteiger partial charge is 0.394 e. The summed E-state index contributed by atoms with van der Waals surface area (Å²) in [6.45, 7) is -0.155. The Morgan fingerprint density at radius 1 is 1.56 bits per heavy atom. The van der Waals surface area contributed by atoms with Crippen molar-refractivity contribution >= 4 is 27.3 Å². The molecule has 4 nitrogen and oxygen atoms in total. The lowest BCUT2D eigenvalue weighted by Gasteiger charge is -2.06. The molecule has 0 amide bonds. The Morgan fingerprint density at radius 2 is 2.38 bits per heavy atom. The van der Waals surface area contributed by atoms with Crippen LogP contribution < -0.4 is 5.73 Å². The van der Waals surface area contributed by atoms with E-state index in [2.05, 4.69) is 25.9 Å². The number of hydrogen-bond acceptors (Lipinski definition) is 5. The first-order valence-corrected chi connectivity index (χ1v) is 6.31. The number of nitrogens with zero attached hydrogens (tertiary/aromatic N) is 2. The Bertz CT molecular complexity index is 488. The number of aliphatic hydroxyl groups excluding tert-OH is 1. The fourth-order valence-electron chi connectivity index (χ4n) is 1.22. The highest BCUT2D eigenvalue weighted by atomic mass is 79.9. The Labute approximate surface area is 105 Å². The van der Waals surface area contributed by atoms with E-state index in [-0.39, 0.29) is 6.61 Å². The van der Waals surface area contributed by atoms with E-state index in [0.29, 0.717) is 5.82 Å². The summed E-state index contributed by atoms with van der Waals surface area (Å²) in [6, 6.07) is 3.29. The molecule has 0 fully saturated rings. The molecule has 0 radical (unpaired) electrons. The van der Waals surface area contributed by atoms with Crippen LogP contribution in [0.5, 0.6) is 0 Å². The molecule has 84 valence electrons. The normalized spacial score (nSPS) is 12.7. The summed E-state index contributed by atoms with van der Waals surface area (Å²) in [5, 5.41) is 10.9. The molecule has 0 saturated carbocycles. The zero-order valence-electron chi connectivity index (χ0n) is 8.30. The standard InChI is InChI=1S/C10H10BrN3OS/c11-6-3-9(16-5-6)8-1-2-13-10(14-8)7(12)4-15/h1-3,5,7,15H,4,12H2. The van der Waals surface area contributed by atoms with Gasteiger partial charge in [0.2, 0.25) is 0 Å². The first-order chi connectivity index (χ1) is 7.70. The van der Waals surface area contributed by atoms with E-state index in [1.54, 1.807) is 17.5 Å². The van der Waals surface area contributed by atoms with Crippen LogP contribution in [-0.2, 0) is 0 Å². The van der Waals surface area contributed by atoms with Gasteiger partial charge in [0.05, 0.1) is 23.2 Å². The van der Waals surface area contributed by atoms with Crippen molar-refractivity contribution in [3.63, 3.8) is 0 Å². The van der Waals surface area contributed by atoms with Crippen LogP contribution in [0, 0.1) is 0 Å². The van der Waals surface area contributed by atoms with Crippen molar-refractivity contribution in [1.29, 1.82) is 0 Å². The fraction of sp³-hybridized carbons (Fsp3) is 0.200. The lowest BCUT2D eigenvalue weighted by atomic mass is 10.3. The first-order valence-electron chi connectivity index (χ1n) is 4.64. The maximum Gasteiger partial charge on any atom is 0.147 e. The number of rotatable bonds is 3. The molecule has 0 spiro atoms. The van der Waals surface area contributed by atoms with Gasteiger partial charge in [-0.2, -0.15) is 0 Å². The lowest BCUT2D eigenvalue weighted by Crippen LogP contribution is -2.17. The second kappa shape index (κ2) is 5.01. The zero-order chi connectivity index (χ0) is 11.5. The second-order valence-electron chi connectivity index (χ2n) is 3.22. The molecule has 0 aliphatic carbocycles. The van der Waals surface area contributed by atoms with Crippen molar-refractivity contribution < 1.29 is 5.11 Å². The van der Waals surface area contributed by atoms with Gasteiger partial charge in [0.1, 0.15) is 5.82 Å². The van der Waals surface area contributed by atoms with Crippen molar-refractivity contribution in [2.45, 2.75) is 6.04 Å². The quantitative estimate of drug-likeness (QED) is 0.909. The van der Waals surface area contributed by atoms with E-state index in [4.69, 9.17) is 10.8 Å². The van der Waals surface area contributed by atoms with Crippen molar-refractivity contribution in [1.82, 2.24) is 9.97 Å². The summed E-state index contributed by atoms with van der Waals surface area (Å²) in [7, 11) is 0. The van der Waals surface area contributed by atoms with Crippen LogP contribution in [0.4, 0.5) is 0 Å². The molecule has 3 N–H and O–H groups in total. The highest BCUT2D eigenvalue weighted by molar-refractivity contribution is 9.10. The van der Waals surface area contributed by atoms with Crippen LogP contribution in [0.25, 0.3) is 10.6 Å². The van der Waals surface area contributed by atoms with Crippen LogP contribution in [0.1, 0.15) is 11.9 Å². The van der Waals surface area contributed by atoms with Crippen molar-refractivity contribution in [3.05, 3.63) is 34.0 Å². The maximum atomic E-state index is 8.94. The molecular weight excluding hydrogens is 290 g/mol. The van der Waals surface area contributed by atoms with Gasteiger partial charge in [0.25, 0.3) is 0 Å². The van der Waals surface area contributed by atoms with Gasteiger partial charge in [-0.1, -0.05) is 0 Å². The van der Waals surface area contributed by atoms with Gasteiger partial charge in [-0.05, 0) is 28.1 Å². The van der Waals surface area contributed by atoms with Crippen LogP contribution in [0.15, 0.2) is 28.2 Å². The molecule has 0 bridgehead atoms. The molecule has 0 aliphatic rings. The Balaban J connectivity index is 2.36. The third kappa shape index (κ3) is 2.46. The topological polar surface area (TPSA) is 72.0 Å². The van der Waals surface area contributed by atoms with Crippen LogP contribution in [0.3, 0.4) is 0 Å². The average Bonchev–Trinajstić information content (AvgIpc) is 2.75. The summed E-state index contributed by atoms with van der Waals surface area (Å²) in [5.74, 6) is 0.463. The number of aliphatic hydroxyl groups is 1. The molecule has 6 heteroatoms. The van der Waals surface area contributed by atoms with Gasteiger partial charge < -0.3 is 10.8 Å². The minimum atomic E-state index is -0.525. The molecule has 0 aromatic carbocycles. The zero-order valence-corrected chi connectivity index (χ0v) is 10.7. The van der Waals surface area contributed by atoms with E-state index in [1.807, 2.05) is 17.5 Å². The predicted octanol–water partition coefficient (Wildman–Crippen LogP) is 1.96. The fourth-order valence-corrected chi connectivity index (χ4v) is 2.62. The molecule has 2 aromatic heterocycles. The Morgan fingerprint density at radius 3 is 3.00 bits per heavy atom. The first kappa shape index (κ1) is 11.7. The monoisotopic (exact) mass is 299 g/mol. The number of halogens is 1. The van der Waals surface area contributed by atoms with Crippen molar-refractivity contribution in [3.8, 4) is 10.6 Å². The highest BCUT2D eigenvalue weighted by Crippen LogP contribution is 2.28. The number of aromatic nitrogens is 2. The Kier molecular flexibility index (Phi) is 3.65. The summed E-state index contributed by atoms with van der Waals surface area (Å²) in [4.78, 5) is 9.40. The van der Waals surface area contributed by atoms with Gasteiger partial charge in [-0.3, -0.25) is 0 Å². The van der Waals surface area contributed by atoms with E-state index in [9.17, 15) is 0 Å². The molecule has 0 aliphatic heterocycles. The summed E-state index contributed by atoms with van der Waals surface area (Å²) < 4.78 is 1.03. The van der Waals surface area contributed by atoms with Gasteiger partial charge in [0.15, 0.2) is 0 Å². The van der Waals surface area contributed by atoms with Crippen molar-refractivity contribution in [2.24, 2.45) is 5.73 Å². The molecule has 16 heavy (non-hydrogen) atoms. The average molecular weight is 300 g/mol. The minimum Gasteiger partial charge on any atom is -0.394 e. The summed E-state index contributed by atoms with van der Waals surface area (Å²) in [5.41, 5.74) is 6.49. The Hall–Kier alpha value is -0.820. The summed E-state index contributed by atoms with van der Waals surface area (Å²) >= 11 is 4.98. The van der Waals surface area contributed by atoms with E-state index >= 15 is 0 Å². The van der Waals surface area contributed by atoms with E-state index in [0.717, 1.165) is 15.0 Å². The summed E-state index contributed by atoms with van der Waals surface area (Å²) in [6.07, 6.45) is 1.65. The van der Waals surface area contributed by atoms with Gasteiger partial charge in [-0.15, -0.1) is 11.3 Å². The molecule has 1 atom stereocenters. The van der Waals surface area contributed by atoms with Gasteiger partial charge >= 0.3 is 0 Å². The van der Waals surface area contributed by atoms with E-state index < -0.39 is 6.04 Å². The molecule has 2 aromatic rings. The minimum absolute atomic E-state index is 0.155. The number of thiophene rings is 1. The molecule has 0 saturated heterocycles. The lowest BCUT2D eigenvalue weighted by molar-refractivity contribution is 0.263. The number of hydrogen-bond donors (Lipinski definition) is 2.